The van der Waals surface area contributed by atoms with Crippen molar-refractivity contribution in [2.45, 2.75) is 25.8 Å². The van der Waals surface area contributed by atoms with Crippen LogP contribution in [0.4, 0.5) is 0 Å². The number of rotatable bonds is 8. The van der Waals surface area contributed by atoms with E-state index in [2.05, 4.69) is 36.5 Å². The number of methoxy groups -OCH3 is 1. The highest BCUT2D eigenvalue weighted by molar-refractivity contribution is 5.92. The highest BCUT2D eigenvalue weighted by atomic mass is 16.5. The second-order valence-corrected chi connectivity index (χ2v) is 6.92. The fourth-order valence-corrected chi connectivity index (χ4v) is 3.07. The van der Waals surface area contributed by atoms with Gasteiger partial charge in [0.05, 0.1) is 13.2 Å². The number of ether oxygens (including phenoxy) is 2. The molecule has 28 heavy (non-hydrogen) atoms. The summed E-state index contributed by atoms with van der Waals surface area (Å²) in [6.07, 6.45) is 5.56. The van der Waals surface area contributed by atoms with E-state index in [0.29, 0.717) is 17.4 Å². The summed E-state index contributed by atoms with van der Waals surface area (Å²) in [7, 11) is 1.54. The molecule has 3 rings (SSSR count). The lowest BCUT2D eigenvalue weighted by Gasteiger charge is -2.18. The summed E-state index contributed by atoms with van der Waals surface area (Å²) in [5, 5.41) is 11.8. The quantitative estimate of drug-likeness (QED) is 0.702. The minimum atomic E-state index is -0.124. The maximum atomic E-state index is 12.5. The normalized spacial score (nSPS) is 14.3. The van der Waals surface area contributed by atoms with E-state index in [9.17, 15) is 4.79 Å². The Morgan fingerprint density at radius 2 is 2.00 bits per heavy atom. The number of aryl methyl sites for hydroxylation is 1. The van der Waals surface area contributed by atoms with Crippen molar-refractivity contribution in [3.8, 4) is 17.6 Å². The van der Waals surface area contributed by atoms with Crippen LogP contribution in [0.1, 0.15) is 35.6 Å². The Bertz CT molecular complexity index is 893. The molecule has 1 saturated carbocycles. The maximum Gasteiger partial charge on any atom is 0.244 e. The Labute approximate surface area is 165 Å². The molecule has 5 heteroatoms. The first kappa shape index (κ1) is 19.5. The van der Waals surface area contributed by atoms with E-state index in [1.807, 2.05) is 12.1 Å². The van der Waals surface area contributed by atoms with E-state index < -0.39 is 0 Å². The van der Waals surface area contributed by atoms with Crippen LogP contribution in [0, 0.1) is 24.2 Å². The number of nitrogens with one attached hydrogen (secondary N) is 1. The Morgan fingerprint density at radius 1 is 1.25 bits per heavy atom. The summed E-state index contributed by atoms with van der Waals surface area (Å²) in [5.74, 6) is 1.41. The lowest BCUT2D eigenvalue weighted by atomic mass is 10.0. The molecule has 0 aliphatic heterocycles. The van der Waals surface area contributed by atoms with Crippen molar-refractivity contribution in [1.29, 1.82) is 5.26 Å². The maximum absolute atomic E-state index is 12.5. The Hall–Kier alpha value is -3.26. The van der Waals surface area contributed by atoms with Crippen LogP contribution in [0.25, 0.3) is 6.08 Å². The van der Waals surface area contributed by atoms with Gasteiger partial charge in [0, 0.05) is 6.08 Å². The molecule has 0 aromatic heterocycles. The van der Waals surface area contributed by atoms with E-state index in [1.165, 1.54) is 18.7 Å². The van der Waals surface area contributed by atoms with Crippen molar-refractivity contribution >= 4 is 12.0 Å². The molecule has 1 unspecified atom stereocenters. The first-order chi connectivity index (χ1) is 13.6. The molecule has 1 amide bonds. The van der Waals surface area contributed by atoms with Crippen LogP contribution in [0.5, 0.6) is 11.5 Å². The zero-order valence-electron chi connectivity index (χ0n) is 16.1. The summed E-state index contributed by atoms with van der Waals surface area (Å²) < 4.78 is 10.6. The fraction of sp³-hybridized carbons (Fsp3) is 0.304. The van der Waals surface area contributed by atoms with Crippen molar-refractivity contribution in [2.24, 2.45) is 5.92 Å². The molecular weight excluding hydrogens is 352 g/mol. The average molecular weight is 376 g/mol. The third-order valence-corrected chi connectivity index (χ3v) is 4.73. The monoisotopic (exact) mass is 376 g/mol. The van der Waals surface area contributed by atoms with Gasteiger partial charge in [-0.1, -0.05) is 35.9 Å². The van der Waals surface area contributed by atoms with Crippen molar-refractivity contribution in [3.63, 3.8) is 0 Å². The molecule has 144 valence electrons. The molecule has 1 aliphatic rings. The third-order valence-electron chi connectivity index (χ3n) is 4.73. The standard InChI is InChI=1S/C23H24N2O3/c1-16-3-7-18(8-4-16)23(19-9-10-19)25-22(26)12-6-17-5-11-20(28-14-13-24)21(15-17)27-2/h3-8,11-12,15,19,23H,9-10,14H2,1-2H3,(H,25,26)/b12-6+. The van der Waals surface area contributed by atoms with E-state index >= 15 is 0 Å². The number of carbonyl (C=O) groups excluding carboxylic acids is 1. The first-order valence-electron chi connectivity index (χ1n) is 9.33. The van der Waals surface area contributed by atoms with E-state index in [0.717, 1.165) is 24.0 Å². The largest absolute Gasteiger partial charge is 0.493 e. The molecule has 1 atom stereocenters. The molecule has 1 N–H and O–H groups in total. The summed E-state index contributed by atoms with van der Waals surface area (Å²) >= 11 is 0. The second kappa shape index (κ2) is 9.09. The number of hydrogen-bond donors (Lipinski definition) is 1. The number of amides is 1. The fourth-order valence-electron chi connectivity index (χ4n) is 3.07. The Kier molecular flexibility index (Phi) is 6.33. The van der Waals surface area contributed by atoms with Crippen LogP contribution in [-0.4, -0.2) is 19.6 Å². The average Bonchev–Trinajstić information content (AvgIpc) is 3.55. The van der Waals surface area contributed by atoms with Crippen LogP contribution < -0.4 is 14.8 Å². The van der Waals surface area contributed by atoms with Gasteiger partial charge in [-0.2, -0.15) is 5.26 Å². The van der Waals surface area contributed by atoms with Gasteiger partial charge in [0.1, 0.15) is 6.07 Å². The van der Waals surface area contributed by atoms with Crippen LogP contribution in [0.2, 0.25) is 0 Å². The molecule has 1 aliphatic carbocycles. The zero-order chi connectivity index (χ0) is 19.9. The number of nitrogens with zero attached hydrogens (tertiary/aromatic N) is 1. The van der Waals surface area contributed by atoms with Gasteiger partial charge in [-0.3, -0.25) is 4.79 Å². The van der Waals surface area contributed by atoms with Crippen molar-refractivity contribution < 1.29 is 14.3 Å². The SMILES string of the molecule is COc1cc(/C=C/C(=O)NC(c2ccc(C)cc2)C2CC2)ccc1OCC#N. The summed E-state index contributed by atoms with van der Waals surface area (Å²) in [6.45, 7) is 2.01. The summed E-state index contributed by atoms with van der Waals surface area (Å²) in [4.78, 5) is 12.5. The molecule has 0 bridgehead atoms. The molecule has 0 heterocycles. The molecular formula is C23H24N2O3. The lowest BCUT2D eigenvalue weighted by molar-refractivity contribution is -0.117. The minimum absolute atomic E-state index is 0.0461. The second-order valence-electron chi connectivity index (χ2n) is 6.92. The van der Waals surface area contributed by atoms with Gasteiger partial charge in [0.25, 0.3) is 0 Å². The van der Waals surface area contributed by atoms with E-state index in [-0.39, 0.29) is 18.6 Å². The molecule has 0 saturated heterocycles. The number of hydrogen-bond acceptors (Lipinski definition) is 4. The van der Waals surface area contributed by atoms with Crippen LogP contribution in [0.15, 0.2) is 48.5 Å². The highest BCUT2D eigenvalue weighted by Crippen LogP contribution is 2.41. The minimum Gasteiger partial charge on any atom is -0.493 e. The highest BCUT2D eigenvalue weighted by Gasteiger charge is 2.32. The molecule has 5 nitrogen and oxygen atoms in total. The summed E-state index contributed by atoms with van der Waals surface area (Å²) in [6, 6.07) is 15.6. The predicted molar refractivity (Wildman–Crippen MR) is 108 cm³/mol. The molecule has 1 fully saturated rings. The Balaban J connectivity index is 1.67. The van der Waals surface area contributed by atoms with Gasteiger partial charge in [-0.25, -0.2) is 0 Å². The predicted octanol–water partition coefficient (Wildman–Crippen LogP) is 4.19. The lowest BCUT2D eigenvalue weighted by Crippen LogP contribution is -2.28. The van der Waals surface area contributed by atoms with Crippen molar-refractivity contribution in [1.82, 2.24) is 5.32 Å². The Morgan fingerprint density at radius 3 is 2.64 bits per heavy atom. The van der Waals surface area contributed by atoms with Crippen molar-refractivity contribution in [3.05, 3.63) is 65.2 Å². The molecule has 2 aromatic carbocycles. The van der Waals surface area contributed by atoms with Crippen molar-refractivity contribution in [2.75, 3.05) is 13.7 Å². The molecule has 0 spiro atoms. The first-order valence-corrected chi connectivity index (χ1v) is 9.33. The van der Waals surface area contributed by atoms with E-state index in [4.69, 9.17) is 14.7 Å². The van der Waals surface area contributed by atoms with Gasteiger partial charge in [0.2, 0.25) is 5.91 Å². The van der Waals surface area contributed by atoms with Crippen LogP contribution >= 0.6 is 0 Å². The molecule has 2 aromatic rings. The van der Waals surface area contributed by atoms with Crippen LogP contribution in [0.3, 0.4) is 0 Å². The third kappa shape index (κ3) is 5.14. The number of carbonyl (C=O) groups is 1. The van der Waals surface area contributed by atoms with E-state index in [1.54, 1.807) is 18.2 Å². The van der Waals surface area contributed by atoms with Gasteiger partial charge in [0.15, 0.2) is 18.1 Å². The zero-order valence-corrected chi connectivity index (χ0v) is 16.1. The summed E-state index contributed by atoms with van der Waals surface area (Å²) in [5.41, 5.74) is 3.17. The van der Waals surface area contributed by atoms with Gasteiger partial charge < -0.3 is 14.8 Å². The number of benzene rings is 2. The van der Waals surface area contributed by atoms with Crippen LogP contribution in [-0.2, 0) is 4.79 Å². The number of nitriles is 1. The smallest absolute Gasteiger partial charge is 0.244 e. The van der Waals surface area contributed by atoms with Gasteiger partial charge in [-0.05, 0) is 55.0 Å². The molecule has 0 radical (unpaired) electrons. The van der Waals surface area contributed by atoms with Gasteiger partial charge >= 0.3 is 0 Å². The van der Waals surface area contributed by atoms with Gasteiger partial charge in [-0.15, -0.1) is 0 Å². The topological polar surface area (TPSA) is 71.3 Å².